The number of likely N-dealkylation sites (N-methyl/N-ethyl adjacent to an activating group) is 1. The molecule has 0 aromatic heterocycles. The summed E-state index contributed by atoms with van der Waals surface area (Å²) < 4.78 is 5.00. The first-order valence-corrected chi connectivity index (χ1v) is 3.82. The number of guanidine groups is 1. The fourth-order valence-electron chi connectivity index (χ4n) is 0.886. The van der Waals surface area contributed by atoms with Gasteiger partial charge in [0.25, 0.3) is 0 Å². The molecule has 12 heavy (non-hydrogen) atoms. The minimum absolute atomic E-state index is 0.254. The summed E-state index contributed by atoms with van der Waals surface area (Å²) in [6, 6.07) is 0.254. The van der Waals surface area contributed by atoms with E-state index in [1.165, 1.54) is 0 Å². The van der Waals surface area contributed by atoms with Gasteiger partial charge in [0.15, 0.2) is 0 Å². The molecule has 0 amide bonds. The summed E-state index contributed by atoms with van der Waals surface area (Å²) in [6.07, 6.45) is 0. The van der Waals surface area contributed by atoms with Crippen LogP contribution in [0.5, 0.6) is 0 Å². The standard InChI is InChI=1S/C7H18N4O/c1-6(5-12-4)11(3)7(9-2)10-8/h6H,5,8H2,1-4H3,(H,9,10). The Morgan fingerprint density at radius 3 is 2.67 bits per heavy atom. The van der Waals surface area contributed by atoms with E-state index < -0.39 is 0 Å². The highest BCUT2D eigenvalue weighted by Crippen LogP contribution is 1.95. The van der Waals surface area contributed by atoms with Gasteiger partial charge in [0.2, 0.25) is 5.96 Å². The molecule has 1 atom stereocenters. The number of aliphatic imine (C=N–C) groups is 1. The molecular weight excluding hydrogens is 156 g/mol. The summed E-state index contributed by atoms with van der Waals surface area (Å²) in [6.45, 7) is 2.68. The Labute approximate surface area is 73.6 Å². The molecule has 3 N–H and O–H groups in total. The van der Waals surface area contributed by atoms with Crippen LogP contribution in [-0.2, 0) is 4.74 Å². The van der Waals surface area contributed by atoms with Crippen LogP contribution in [-0.4, -0.2) is 44.7 Å². The maximum absolute atomic E-state index is 5.25. The van der Waals surface area contributed by atoms with Gasteiger partial charge in [-0.1, -0.05) is 0 Å². The quantitative estimate of drug-likeness (QED) is 0.260. The first kappa shape index (κ1) is 11.2. The monoisotopic (exact) mass is 174 g/mol. The lowest BCUT2D eigenvalue weighted by molar-refractivity contribution is 0.144. The normalized spacial score (nSPS) is 14.2. The van der Waals surface area contributed by atoms with Crippen LogP contribution in [0.4, 0.5) is 0 Å². The smallest absolute Gasteiger partial charge is 0.208 e. The Bertz CT molecular complexity index is 148. The first-order valence-electron chi connectivity index (χ1n) is 3.82. The zero-order chi connectivity index (χ0) is 9.56. The van der Waals surface area contributed by atoms with Crippen molar-refractivity contribution >= 4 is 5.96 Å². The number of nitrogens with two attached hydrogens (primary N) is 1. The van der Waals surface area contributed by atoms with E-state index in [0.29, 0.717) is 12.6 Å². The van der Waals surface area contributed by atoms with Gasteiger partial charge in [0.05, 0.1) is 12.6 Å². The Morgan fingerprint density at radius 2 is 2.33 bits per heavy atom. The van der Waals surface area contributed by atoms with Crippen LogP contribution in [0.1, 0.15) is 6.92 Å². The molecule has 0 aliphatic rings. The molecule has 0 radical (unpaired) electrons. The molecule has 5 heteroatoms. The molecular formula is C7H18N4O. The predicted octanol–water partition coefficient (Wildman–Crippen LogP) is -0.598. The molecule has 5 nitrogen and oxygen atoms in total. The fraction of sp³-hybridized carbons (Fsp3) is 0.857. The van der Waals surface area contributed by atoms with Crippen molar-refractivity contribution in [1.82, 2.24) is 10.3 Å². The molecule has 0 aliphatic heterocycles. The molecule has 0 rings (SSSR count). The van der Waals surface area contributed by atoms with Gasteiger partial charge in [-0.15, -0.1) is 0 Å². The van der Waals surface area contributed by atoms with Crippen molar-refractivity contribution in [3.8, 4) is 0 Å². The van der Waals surface area contributed by atoms with Crippen molar-refractivity contribution in [3.63, 3.8) is 0 Å². The summed E-state index contributed by atoms with van der Waals surface area (Å²) in [5.41, 5.74) is 2.51. The van der Waals surface area contributed by atoms with Gasteiger partial charge in [0, 0.05) is 21.2 Å². The van der Waals surface area contributed by atoms with Gasteiger partial charge in [-0.3, -0.25) is 10.4 Å². The van der Waals surface area contributed by atoms with Crippen LogP contribution in [0.2, 0.25) is 0 Å². The maximum atomic E-state index is 5.25. The van der Waals surface area contributed by atoms with Gasteiger partial charge in [-0.05, 0) is 6.92 Å². The Kier molecular flexibility index (Phi) is 5.40. The molecule has 0 aromatic rings. The second-order valence-corrected chi connectivity index (χ2v) is 2.61. The van der Waals surface area contributed by atoms with E-state index in [1.54, 1.807) is 14.2 Å². The van der Waals surface area contributed by atoms with Crippen molar-refractivity contribution in [3.05, 3.63) is 0 Å². The van der Waals surface area contributed by atoms with E-state index in [2.05, 4.69) is 10.4 Å². The van der Waals surface area contributed by atoms with Crippen LogP contribution >= 0.6 is 0 Å². The minimum Gasteiger partial charge on any atom is -0.383 e. The number of hydrazine groups is 1. The number of nitrogens with zero attached hydrogens (tertiary/aromatic N) is 2. The Hall–Kier alpha value is -0.810. The zero-order valence-corrected chi connectivity index (χ0v) is 8.16. The minimum atomic E-state index is 0.254. The number of hydrogen-bond donors (Lipinski definition) is 2. The third kappa shape index (κ3) is 3.06. The molecule has 72 valence electrons. The summed E-state index contributed by atoms with van der Waals surface area (Å²) >= 11 is 0. The second-order valence-electron chi connectivity index (χ2n) is 2.61. The second kappa shape index (κ2) is 5.79. The van der Waals surface area contributed by atoms with E-state index in [4.69, 9.17) is 10.6 Å². The third-order valence-corrected chi connectivity index (χ3v) is 1.74. The topological polar surface area (TPSA) is 62.9 Å². The lowest BCUT2D eigenvalue weighted by atomic mass is 10.3. The van der Waals surface area contributed by atoms with Crippen molar-refractivity contribution in [2.24, 2.45) is 10.8 Å². The molecule has 0 fully saturated rings. The van der Waals surface area contributed by atoms with Crippen molar-refractivity contribution < 1.29 is 4.74 Å². The Morgan fingerprint density at radius 1 is 1.75 bits per heavy atom. The van der Waals surface area contributed by atoms with E-state index >= 15 is 0 Å². The summed E-state index contributed by atoms with van der Waals surface area (Å²) in [5, 5.41) is 0. The van der Waals surface area contributed by atoms with E-state index in [1.807, 2.05) is 18.9 Å². The molecule has 1 unspecified atom stereocenters. The number of rotatable bonds is 3. The maximum Gasteiger partial charge on any atom is 0.208 e. The van der Waals surface area contributed by atoms with Crippen LogP contribution in [0.3, 0.4) is 0 Å². The lowest BCUT2D eigenvalue weighted by Crippen LogP contribution is -2.47. The largest absolute Gasteiger partial charge is 0.383 e. The molecule has 0 saturated carbocycles. The Balaban J connectivity index is 4.06. The average molecular weight is 174 g/mol. The van der Waals surface area contributed by atoms with Crippen LogP contribution in [0, 0.1) is 0 Å². The fourth-order valence-corrected chi connectivity index (χ4v) is 0.886. The van der Waals surface area contributed by atoms with Crippen LogP contribution < -0.4 is 11.3 Å². The summed E-state index contributed by atoms with van der Waals surface area (Å²) in [7, 11) is 5.26. The van der Waals surface area contributed by atoms with Crippen molar-refractivity contribution in [2.75, 3.05) is 27.8 Å². The summed E-state index contributed by atoms with van der Waals surface area (Å²) in [5.74, 6) is 5.91. The van der Waals surface area contributed by atoms with Gasteiger partial charge >= 0.3 is 0 Å². The number of nitrogens with one attached hydrogen (secondary N) is 1. The van der Waals surface area contributed by atoms with E-state index in [9.17, 15) is 0 Å². The van der Waals surface area contributed by atoms with E-state index in [0.717, 1.165) is 0 Å². The lowest BCUT2D eigenvalue weighted by Gasteiger charge is -2.26. The van der Waals surface area contributed by atoms with Gasteiger partial charge < -0.3 is 9.64 Å². The highest BCUT2D eigenvalue weighted by atomic mass is 16.5. The highest BCUT2D eigenvalue weighted by Gasteiger charge is 2.11. The SMILES string of the molecule is CN=C(NN)N(C)C(C)COC. The van der Waals surface area contributed by atoms with Gasteiger partial charge in [-0.25, -0.2) is 5.84 Å². The molecule has 0 aliphatic carbocycles. The average Bonchev–Trinajstić information content (AvgIpc) is 2.07. The molecule has 0 heterocycles. The molecule has 0 aromatic carbocycles. The third-order valence-electron chi connectivity index (χ3n) is 1.74. The van der Waals surface area contributed by atoms with Gasteiger partial charge in [0.1, 0.15) is 0 Å². The van der Waals surface area contributed by atoms with Crippen LogP contribution in [0.15, 0.2) is 4.99 Å². The zero-order valence-electron chi connectivity index (χ0n) is 8.16. The number of methoxy groups -OCH3 is 1. The predicted molar refractivity (Wildman–Crippen MR) is 49.8 cm³/mol. The van der Waals surface area contributed by atoms with Crippen molar-refractivity contribution in [1.29, 1.82) is 0 Å². The molecule has 0 bridgehead atoms. The van der Waals surface area contributed by atoms with Gasteiger partial charge in [-0.2, -0.15) is 0 Å². The number of ether oxygens (including phenoxy) is 1. The number of hydrogen-bond acceptors (Lipinski definition) is 3. The first-order chi connectivity index (χ1) is 5.67. The summed E-state index contributed by atoms with van der Waals surface area (Å²) in [4.78, 5) is 5.88. The molecule has 0 spiro atoms. The van der Waals surface area contributed by atoms with Crippen LogP contribution in [0.25, 0.3) is 0 Å². The van der Waals surface area contributed by atoms with E-state index in [-0.39, 0.29) is 6.04 Å². The molecule has 0 saturated heterocycles. The highest BCUT2D eigenvalue weighted by molar-refractivity contribution is 5.79. The van der Waals surface area contributed by atoms with Crippen molar-refractivity contribution in [2.45, 2.75) is 13.0 Å².